The zero-order valence-electron chi connectivity index (χ0n) is 9.59. The lowest BCUT2D eigenvalue weighted by Crippen LogP contribution is -2.20. The topological polar surface area (TPSA) is 85.8 Å². The van der Waals surface area contributed by atoms with Crippen LogP contribution in [0.15, 0.2) is 12.5 Å². The van der Waals surface area contributed by atoms with Gasteiger partial charge in [0.2, 0.25) is 0 Å². The van der Waals surface area contributed by atoms with Crippen molar-refractivity contribution in [2.24, 2.45) is 7.05 Å². The van der Waals surface area contributed by atoms with Crippen molar-refractivity contribution < 1.29 is 23.1 Å². The number of carboxylic acids is 1. The molecule has 0 saturated heterocycles. The molecule has 0 aliphatic heterocycles. The number of carboxylic acid groups (broad SMARTS) is 1. The first kappa shape index (κ1) is 13.1. The smallest absolute Gasteiger partial charge is 0.408 e. The number of aromatic carboxylic acids is 1. The van der Waals surface area contributed by atoms with Crippen molar-refractivity contribution in [3.05, 3.63) is 18.2 Å². The highest BCUT2D eigenvalue weighted by molar-refractivity contribution is 5.92. The Kier molecular flexibility index (Phi) is 3.00. The highest BCUT2D eigenvalue weighted by atomic mass is 19.4. The lowest BCUT2D eigenvalue weighted by atomic mass is 10.2. The Morgan fingerprint density at radius 3 is 2.63 bits per heavy atom. The second-order valence-corrected chi connectivity index (χ2v) is 3.75. The quantitative estimate of drug-likeness (QED) is 0.900. The molecule has 0 aliphatic carbocycles. The molecule has 102 valence electrons. The first-order chi connectivity index (χ1) is 8.79. The van der Waals surface area contributed by atoms with E-state index in [0.29, 0.717) is 4.68 Å². The normalized spacial score (nSPS) is 11.8. The maximum Gasteiger partial charge on any atom is 0.408 e. The van der Waals surface area contributed by atoms with Crippen molar-refractivity contribution in [1.29, 1.82) is 0 Å². The Morgan fingerprint density at radius 1 is 1.47 bits per heavy atom. The van der Waals surface area contributed by atoms with Gasteiger partial charge in [-0.1, -0.05) is 5.21 Å². The fourth-order valence-electron chi connectivity index (χ4n) is 1.58. The van der Waals surface area contributed by atoms with Crippen LogP contribution in [0.5, 0.6) is 0 Å². The summed E-state index contributed by atoms with van der Waals surface area (Å²) in [4.78, 5) is 14.7. The first-order valence-corrected chi connectivity index (χ1v) is 5.00. The van der Waals surface area contributed by atoms with E-state index in [1.165, 1.54) is 24.1 Å². The minimum absolute atomic E-state index is 0.187. The molecule has 0 atom stereocenters. The second kappa shape index (κ2) is 4.37. The van der Waals surface area contributed by atoms with E-state index in [-0.39, 0.29) is 11.4 Å². The van der Waals surface area contributed by atoms with E-state index in [1.807, 2.05) is 0 Å². The number of hydrogen-bond acceptors (Lipinski definition) is 4. The van der Waals surface area contributed by atoms with Crippen molar-refractivity contribution >= 4 is 5.97 Å². The molecular formula is C9H8F3N5O2. The van der Waals surface area contributed by atoms with Gasteiger partial charge >= 0.3 is 12.1 Å². The molecule has 2 aromatic rings. The van der Waals surface area contributed by atoms with Crippen LogP contribution >= 0.6 is 0 Å². The Bertz CT molecular complexity index is 616. The number of halogens is 3. The molecule has 7 nitrogen and oxygen atoms in total. The summed E-state index contributed by atoms with van der Waals surface area (Å²) in [6.45, 7) is -1.42. The van der Waals surface area contributed by atoms with Crippen LogP contribution in [0.2, 0.25) is 0 Å². The minimum atomic E-state index is -4.53. The number of aryl methyl sites for hydroxylation is 1. The number of carbonyl (C=O) groups is 1. The number of alkyl halides is 3. The van der Waals surface area contributed by atoms with Crippen molar-refractivity contribution in [3.63, 3.8) is 0 Å². The molecule has 0 aliphatic rings. The lowest BCUT2D eigenvalue weighted by molar-refractivity contribution is -0.142. The number of hydrogen-bond donors (Lipinski definition) is 1. The van der Waals surface area contributed by atoms with Crippen LogP contribution in [0, 0.1) is 0 Å². The van der Waals surface area contributed by atoms with Gasteiger partial charge in [-0.3, -0.25) is 0 Å². The van der Waals surface area contributed by atoms with E-state index < -0.39 is 24.4 Å². The van der Waals surface area contributed by atoms with E-state index in [1.54, 1.807) is 0 Å². The Labute approximate surface area is 104 Å². The molecule has 0 bridgehead atoms. The fourth-order valence-corrected chi connectivity index (χ4v) is 1.58. The summed E-state index contributed by atoms with van der Waals surface area (Å²) in [7, 11) is 1.53. The largest absolute Gasteiger partial charge is 0.476 e. The van der Waals surface area contributed by atoms with E-state index in [4.69, 9.17) is 5.11 Å². The summed E-state index contributed by atoms with van der Waals surface area (Å²) in [6, 6.07) is 0. The summed E-state index contributed by atoms with van der Waals surface area (Å²) < 4.78 is 39.1. The van der Waals surface area contributed by atoms with Gasteiger partial charge in [0.25, 0.3) is 0 Å². The monoisotopic (exact) mass is 275 g/mol. The lowest BCUT2D eigenvalue weighted by Gasteiger charge is -2.09. The molecular weight excluding hydrogens is 267 g/mol. The second-order valence-electron chi connectivity index (χ2n) is 3.75. The van der Waals surface area contributed by atoms with Crippen LogP contribution in [0.3, 0.4) is 0 Å². The molecule has 2 aromatic heterocycles. The SMILES string of the molecule is Cn1cncc1-c1c(C(=O)O)nnn1CC(F)(F)F. The molecule has 0 radical (unpaired) electrons. The van der Waals surface area contributed by atoms with Gasteiger partial charge in [-0.15, -0.1) is 5.10 Å². The van der Waals surface area contributed by atoms with Gasteiger partial charge in [-0.25, -0.2) is 14.5 Å². The van der Waals surface area contributed by atoms with Crippen LogP contribution < -0.4 is 0 Å². The Hall–Kier alpha value is -2.39. The molecule has 19 heavy (non-hydrogen) atoms. The van der Waals surface area contributed by atoms with E-state index in [9.17, 15) is 18.0 Å². The summed E-state index contributed by atoms with van der Waals surface area (Å²) in [5, 5.41) is 15.5. The number of aromatic nitrogens is 5. The van der Waals surface area contributed by atoms with Crippen LogP contribution in [0.25, 0.3) is 11.4 Å². The molecule has 0 spiro atoms. The van der Waals surface area contributed by atoms with Crippen LogP contribution in [-0.2, 0) is 13.6 Å². The van der Waals surface area contributed by atoms with E-state index in [2.05, 4.69) is 15.3 Å². The van der Waals surface area contributed by atoms with Gasteiger partial charge in [0.05, 0.1) is 18.2 Å². The number of imidazole rings is 1. The van der Waals surface area contributed by atoms with Crippen molar-refractivity contribution in [3.8, 4) is 11.4 Å². The minimum Gasteiger partial charge on any atom is -0.476 e. The number of nitrogens with zero attached hydrogens (tertiary/aromatic N) is 5. The predicted molar refractivity (Wildman–Crippen MR) is 55.2 cm³/mol. The first-order valence-electron chi connectivity index (χ1n) is 5.00. The van der Waals surface area contributed by atoms with Crippen LogP contribution in [0.1, 0.15) is 10.5 Å². The van der Waals surface area contributed by atoms with Gasteiger partial charge < -0.3 is 9.67 Å². The zero-order chi connectivity index (χ0) is 14.2. The third-order valence-corrected chi connectivity index (χ3v) is 2.33. The zero-order valence-corrected chi connectivity index (χ0v) is 9.59. The molecule has 0 amide bonds. The maximum atomic E-state index is 12.4. The highest BCUT2D eigenvalue weighted by Gasteiger charge is 2.32. The standard InChI is InChI=1S/C9H8F3N5O2/c1-16-4-13-2-5(16)7-6(8(18)19)14-15-17(7)3-9(10,11)12/h2,4H,3H2,1H3,(H,18,19). The molecule has 0 unspecified atom stereocenters. The summed E-state index contributed by atoms with van der Waals surface area (Å²) in [5.41, 5.74) is -0.593. The number of rotatable bonds is 3. The third-order valence-electron chi connectivity index (χ3n) is 2.33. The maximum absolute atomic E-state index is 12.4. The van der Waals surface area contributed by atoms with E-state index >= 15 is 0 Å². The summed E-state index contributed by atoms with van der Waals surface area (Å²) >= 11 is 0. The van der Waals surface area contributed by atoms with Gasteiger partial charge in [0, 0.05) is 7.05 Å². The third kappa shape index (κ3) is 2.56. The van der Waals surface area contributed by atoms with Gasteiger partial charge in [0.15, 0.2) is 5.69 Å². The molecule has 1 N–H and O–H groups in total. The molecule has 0 saturated carbocycles. The summed E-state index contributed by atoms with van der Waals surface area (Å²) in [5.74, 6) is -1.45. The van der Waals surface area contributed by atoms with Crippen molar-refractivity contribution in [2.45, 2.75) is 12.7 Å². The average molecular weight is 275 g/mol. The molecule has 2 heterocycles. The van der Waals surface area contributed by atoms with Gasteiger partial charge in [-0.2, -0.15) is 13.2 Å². The Morgan fingerprint density at radius 2 is 2.16 bits per heavy atom. The van der Waals surface area contributed by atoms with Gasteiger partial charge in [0.1, 0.15) is 12.2 Å². The molecule has 0 aromatic carbocycles. The predicted octanol–water partition coefficient (Wildman–Crippen LogP) is 0.939. The van der Waals surface area contributed by atoms with Crippen LogP contribution in [-0.4, -0.2) is 41.8 Å². The molecule has 0 fully saturated rings. The molecule has 10 heteroatoms. The van der Waals surface area contributed by atoms with Crippen molar-refractivity contribution in [1.82, 2.24) is 24.5 Å². The summed E-state index contributed by atoms with van der Waals surface area (Å²) in [6.07, 6.45) is -1.94. The van der Waals surface area contributed by atoms with Crippen molar-refractivity contribution in [2.75, 3.05) is 0 Å². The van der Waals surface area contributed by atoms with E-state index in [0.717, 1.165) is 0 Å². The average Bonchev–Trinajstić information content (AvgIpc) is 2.82. The fraction of sp³-hybridized carbons (Fsp3) is 0.333. The molecule has 2 rings (SSSR count). The highest BCUT2D eigenvalue weighted by Crippen LogP contribution is 2.25. The van der Waals surface area contributed by atoms with Gasteiger partial charge in [-0.05, 0) is 0 Å². The van der Waals surface area contributed by atoms with Crippen LogP contribution in [0.4, 0.5) is 13.2 Å². The Balaban J connectivity index is 2.58.